The minimum Gasteiger partial charge on any atom is -0.487 e. The number of hydrogen-bond donors (Lipinski definition) is 3. The van der Waals surface area contributed by atoms with Crippen molar-refractivity contribution in [3.8, 4) is 5.75 Å². The lowest BCUT2D eigenvalue weighted by Crippen LogP contribution is -2.32. The molecule has 0 spiro atoms. The van der Waals surface area contributed by atoms with Crippen LogP contribution < -0.4 is 15.4 Å². The second-order valence-corrected chi connectivity index (χ2v) is 11.4. The van der Waals surface area contributed by atoms with E-state index in [-0.39, 0.29) is 0 Å². The first-order chi connectivity index (χ1) is 18.8. The fraction of sp³-hybridized carbons (Fsp3) is 0.406. The molecule has 7 heteroatoms. The number of hydrogen-bond acceptors (Lipinski definition) is 6. The maximum Gasteiger partial charge on any atom is 0.131 e. The topological polar surface area (TPSA) is 69.7 Å². The van der Waals surface area contributed by atoms with Crippen molar-refractivity contribution >= 4 is 22.9 Å². The minimum atomic E-state index is -0.929. The van der Waals surface area contributed by atoms with Crippen molar-refractivity contribution in [1.82, 2.24) is 15.2 Å². The van der Waals surface area contributed by atoms with E-state index in [0.717, 1.165) is 90.0 Å². The number of pyridine rings is 1. The van der Waals surface area contributed by atoms with Gasteiger partial charge in [-0.25, -0.2) is 0 Å². The summed E-state index contributed by atoms with van der Waals surface area (Å²) in [7, 11) is 0. The molecule has 206 valence electrons. The Kier molecular flexibility index (Phi) is 8.57. The fourth-order valence-electron chi connectivity index (χ4n) is 5.46. The van der Waals surface area contributed by atoms with Crippen LogP contribution in [0.25, 0.3) is 5.57 Å². The highest BCUT2D eigenvalue weighted by Crippen LogP contribution is 2.38. The van der Waals surface area contributed by atoms with Gasteiger partial charge in [0.15, 0.2) is 0 Å². The van der Waals surface area contributed by atoms with Gasteiger partial charge in [0.05, 0.1) is 11.3 Å². The van der Waals surface area contributed by atoms with Gasteiger partial charge >= 0.3 is 0 Å². The van der Waals surface area contributed by atoms with Crippen LogP contribution in [0.1, 0.15) is 61.6 Å². The molecule has 0 radical (unpaired) electrons. The number of rotatable bonds is 9. The normalized spacial score (nSPS) is 18.4. The third kappa shape index (κ3) is 6.64. The Labute approximate surface area is 237 Å². The average Bonchev–Trinajstić information content (AvgIpc) is 3.30. The predicted octanol–water partition coefficient (Wildman–Crippen LogP) is 5.97. The van der Waals surface area contributed by atoms with Crippen molar-refractivity contribution in [2.24, 2.45) is 0 Å². The molecule has 0 aliphatic carbocycles. The van der Waals surface area contributed by atoms with E-state index in [1.165, 1.54) is 5.56 Å². The van der Waals surface area contributed by atoms with Gasteiger partial charge in [0.25, 0.3) is 0 Å². The van der Waals surface area contributed by atoms with Crippen LogP contribution in [0.2, 0.25) is 5.02 Å². The Hall–Kier alpha value is -2.90. The standard InChI is InChI=1S/C32H39ClN4O2/c1-4-34-29-18-24(33)11-9-22(29)19-36-25-13-16-37(20-25)15-6-8-26-27-7-5-14-35-30(27)21-39-31-12-10-23(17-28(26)31)32(2,3)38/h5,7-12,14,17-18,25,34,36,38H,4,6,13,15-16,19-21H2,1-3H3/b26-8+/t25-/m1/s1. The summed E-state index contributed by atoms with van der Waals surface area (Å²) in [5, 5.41) is 18.6. The second kappa shape index (κ2) is 12.1. The quantitative estimate of drug-likeness (QED) is 0.307. The van der Waals surface area contributed by atoms with E-state index in [1.807, 2.05) is 50.4 Å². The Morgan fingerprint density at radius 1 is 1.18 bits per heavy atom. The minimum absolute atomic E-state index is 0.435. The molecule has 2 aliphatic rings. The van der Waals surface area contributed by atoms with Crippen LogP contribution in [-0.4, -0.2) is 47.2 Å². The van der Waals surface area contributed by atoms with Crippen LogP contribution in [-0.2, 0) is 18.8 Å². The van der Waals surface area contributed by atoms with Crippen molar-refractivity contribution < 1.29 is 9.84 Å². The lowest BCUT2D eigenvalue weighted by Gasteiger charge is -2.20. The second-order valence-electron chi connectivity index (χ2n) is 11.0. The summed E-state index contributed by atoms with van der Waals surface area (Å²) >= 11 is 6.20. The van der Waals surface area contributed by atoms with Gasteiger partial charge in [-0.05, 0) is 87.2 Å². The first kappa shape index (κ1) is 27.7. The number of aliphatic hydroxyl groups is 1. The Morgan fingerprint density at radius 3 is 2.87 bits per heavy atom. The van der Waals surface area contributed by atoms with Crippen LogP contribution in [0.4, 0.5) is 5.69 Å². The zero-order chi connectivity index (χ0) is 27.4. The summed E-state index contributed by atoms with van der Waals surface area (Å²) in [6.45, 7) is 11.0. The van der Waals surface area contributed by atoms with Gasteiger partial charge in [-0.2, -0.15) is 0 Å². The highest BCUT2D eigenvalue weighted by Gasteiger charge is 2.25. The molecule has 2 aromatic carbocycles. The van der Waals surface area contributed by atoms with E-state index in [0.29, 0.717) is 12.6 Å². The first-order valence-corrected chi connectivity index (χ1v) is 14.3. The molecule has 0 saturated carbocycles. The smallest absolute Gasteiger partial charge is 0.131 e. The summed E-state index contributed by atoms with van der Waals surface area (Å²) in [6, 6.07) is 16.6. The molecule has 0 unspecified atom stereocenters. The number of benzene rings is 2. The third-order valence-corrected chi connectivity index (χ3v) is 7.84. The van der Waals surface area contributed by atoms with Crippen LogP contribution in [0, 0.1) is 0 Å². The van der Waals surface area contributed by atoms with E-state index >= 15 is 0 Å². The number of nitrogens with one attached hydrogen (secondary N) is 2. The Bertz CT molecular complexity index is 1330. The summed E-state index contributed by atoms with van der Waals surface area (Å²) in [5.41, 5.74) is 6.48. The fourth-order valence-corrected chi connectivity index (χ4v) is 5.63. The summed E-state index contributed by atoms with van der Waals surface area (Å²) in [5.74, 6) is 0.830. The molecule has 39 heavy (non-hydrogen) atoms. The van der Waals surface area contributed by atoms with E-state index in [2.05, 4.69) is 51.7 Å². The van der Waals surface area contributed by atoms with Crippen LogP contribution in [0.5, 0.6) is 5.75 Å². The molecule has 0 amide bonds. The van der Waals surface area contributed by atoms with E-state index in [1.54, 1.807) is 0 Å². The zero-order valence-corrected chi connectivity index (χ0v) is 23.9. The molecule has 5 rings (SSSR count). The number of likely N-dealkylation sites (tertiary alicyclic amines) is 1. The van der Waals surface area contributed by atoms with E-state index in [4.69, 9.17) is 16.3 Å². The van der Waals surface area contributed by atoms with Crippen molar-refractivity contribution in [2.45, 2.75) is 58.4 Å². The lowest BCUT2D eigenvalue weighted by atomic mass is 9.90. The molecule has 1 saturated heterocycles. The first-order valence-electron chi connectivity index (χ1n) is 13.9. The monoisotopic (exact) mass is 546 g/mol. The van der Waals surface area contributed by atoms with Crippen LogP contribution in [0.15, 0.2) is 60.8 Å². The van der Waals surface area contributed by atoms with Crippen LogP contribution in [0.3, 0.4) is 0 Å². The Balaban J connectivity index is 1.26. The molecule has 1 atom stereocenters. The van der Waals surface area contributed by atoms with Crippen molar-refractivity contribution in [3.05, 3.63) is 93.8 Å². The van der Waals surface area contributed by atoms with Gasteiger partial charge in [-0.3, -0.25) is 4.98 Å². The predicted molar refractivity (Wildman–Crippen MR) is 159 cm³/mol. The van der Waals surface area contributed by atoms with Gasteiger partial charge in [-0.1, -0.05) is 35.9 Å². The number of ether oxygens (including phenoxy) is 1. The number of anilines is 1. The lowest BCUT2D eigenvalue weighted by molar-refractivity contribution is 0.0785. The molecule has 0 bridgehead atoms. The van der Waals surface area contributed by atoms with Crippen LogP contribution >= 0.6 is 11.6 Å². The highest BCUT2D eigenvalue weighted by atomic mass is 35.5. The van der Waals surface area contributed by atoms with Crippen molar-refractivity contribution in [1.29, 1.82) is 0 Å². The maximum absolute atomic E-state index is 10.7. The van der Waals surface area contributed by atoms with Gasteiger partial charge in [0, 0.05) is 60.3 Å². The maximum atomic E-state index is 10.7. The molecule has 2 aliphatic heterocycles. The summed E-state index contributed by atoms with van der Waals surface area (Å²) in [4.78, 5) is 7.14. The Morgan fingerprint density at radius 2 is 2.05 bits per heavy atom. The van der Waals surface area contributed by atoms with Gasteiger partial charge in [-0.15, -0.1) is 0 Å². The summed E-state index contributed by atoms with van der Waals surface area (Å²) < 4.78 is 6.14. The number of fused-ring (bicyclic) bond motifs is 2. The van der Waals surface area contributed by atoms with Gasteiger partial charge in [0.1, 0.15) is 12.4 Å². The van der Waals surface area contributed by atoms with Gasteiger partial charge < -0.3 is 25.4 Å². The zero-order valence-electron chi connectivity index (χ0n) is 23.1. The molecule has 6 nitrogen and oxygen atoms in total. The number of aromatic nitrogens is 1. The summed E-state index contributed by atoms with van der Waals surface area (Å²) in [6.07, 6.45) is 6.20. The molecule has 3 heterocycles. The number of halogens is 1. The third-order valence-electron chi connectivity index (χ3n) is 7.61. The molecular weight excluding hydrogens is 508 g/mol. The number of nitrogens with zero attached hydrogens (tertiary/aromatic N) is 2. The molecule has 3 aromatic rings. The highest BCUT2D eigenvalue weighted by molar-refractivity contribution is 6.30. The average molecular weight is 547 g/mol. The largest absolute Gasteiger partial charge is 0.487 e. The molecular formula is C32H39ClN4O2. The molecule has 3 N–H and O–H groups in total. The molecule has 1 fully saturated rings. The van der Waals surface area contributed by atoms with Crippen molar-refractivity contribution in [2.75, 3.05) is 31.5 Å². The van der Waals surface area contributed by atoms with E-state index < -0.39 is 5.60 Å². The SMILES string of the molecule is CCNc1cc(Cl)ccc1CN[C@@H]1CCN(CC/C=C2/c3cc(C(C)(C)O)ccc3OCc3ncccc32)C1. The molecule has 1 aromatic heterocycles. The van der Waals surface area contributed by atoms with E-state index in [9.17, 15) is 5.11 Å². The van der Waals surface area contributed by atoms with Gasteiger partial charge in [0.2, 0.25) is 0 Å². The van der Waals surface area contributed by atoms with Crippen molar-refractivity contribution in [3.63, 3.8) is 0 Å².